The Labute approximate surface area is 241 Å². The van der Waals surface area contributed by atoms with Crippen LogP contribution in [0, 0.1) is 27.7 Å². The Hall–Kier alpha value is -2.94. The largest absolute Gasteiger partial charge is 0.604 e. The third-order valence-electron chi connectivity index (χ3n) is 7.46. The summed E-state index contributed by atoms with van der Waals surface area (Å²) >= 11 is 0. The number of hydrogen-bond acceptors (Lipinski definition) is 6. The number of aryl methyl sites for hydroxylation is 4. The van der Waals surface area contributed by atoms with Gasteiger partial charge in [-0.3, -0.25) is 9.05 Å². The number of para-hydroxylation sites is 2. The second-order valence-electron chi connectivity index (χ2n) is 10.1. The van der Waals surface area contributed by atoms with E-state index in [4.69, 9.17) is 18.5 Å². The van der Waals surface area contributed by atoms with Crippen LogP contribution < -0.4 is 18.5 Å². The van der Waals surface area contributed by atoms with E-state index in [2.05, 4.69) is 0 Å². The molecule has 0 aliphatic carbocycles. The lowest BCUT2D eigenvalue weighted by molar-refractivity contribution is 0.133. The highest BCUT2D eigenvalue weighted by atomic mass is 31.1. The van der Waals surface area contributed by atoms with Crippen molar-refractivity contribution >= 4 is 16.1 Å². The first-order valence-electron chi connectivity index (χ1n) is 14.0. The zero-order valence-electron chi connectivity index (χ0n) is 24.9. The van der Waals surface area contributed by atoms with Crippen molar-refractivity contribution in [3.05, 3.63) is 82.9 Å². The second kappa shape index (κ2) is 13.6. The summed E-state index contributed by atoms with van der Waals surface area (Å²) in [5.74, 6) is 2.17. The first-order chi connectivity index (χ1) is 19.0. The summed E-state index contributed by atoms with van der Waals surface area (Å²) in [5.41, 5.74) is 3.92. The van der Waals surface area contributed by atoms with Crippen LogP contribution in [0.4, 0.5) is 0 Å². The molecule has 2 atom stereocenters. The Balaban J connectivity index is 1.82. The van der Waals surface area contributed by atoms with Crippen molar-refractivity contribution in [2.24, 2.45) is 0 Å². The molecule has 3 aromatic carbocycles. The second-order valence-corrected chi connectivity index (χ2v) is 13.1. The standard InChI is InChI=1S/C32H42O6P2/c1-9-31(10-2,35-29-23(5)16-13-17-24(29)6)39(33)37-27-20-15-21-28(22-27)38-40(34)32(11-3,12-4)36-30-25(7)18-14-19-26(30)8/h13-22H,9-12H2,1-8H3/q+2. The summed E-state index contributed by atoms with van der Waals surface area (Å²) in [6, 6.07) is 18.6. The molecule has 0 saturated carbocycles. The number of rotatable bonds is 14. The van der Waals surface area contributed by atoms with Gasteiger partial charge in [0.2, 0.25) is 0 Å². The minimum atomic E-state index is -2.28. The van der Waals surface area contributed by atoms with Gasteiger partial charge in [0.25, 0.3) is 0 Å². The van der Waals surface area contributed by atoms with Crippen molar-refractivity contribution in [3.63, 3.8) is 0 Å². The highest BCUT2D eigenvalue weighted by molar-refractivity contribution is 7.41. The van der Waals surface area contributed by atoms with Crippen molar-refractivity contribution in [1.82, 2.24) is 0 Å². The average molecular weight is 585 g/mol. The van der Waals surface area contributed by atoms with Gasteiger partial charge in [0.05, 0.1) is 0 Å². The van der Waals surface area contributed by atoms with Crippen LogP contribution in [0.2, 0.25) is 0 Å². The van der Waals surface area contributed by atoms with Gasteiger partial charge >= 0.3 is 26.7 Å². The molecule has 0 aromatic heterocycles. The van der Waals surface area contributed by atoms with E-state index in [0.717, 1.165) is 33.8 Å². The molecule has 0 bridgehead atoms. The monoisotopic (exact) mass is 584 g/mol. The number of hydrogen-bond donors (Lipinski definition) is 0. The molecule has 0 aliphatic rings. The Morgan fingerprint density at radius 3 is 1.15 bits per heavy atom. The van der Waals surface area contributed by atoms with Gasteiger partial charge in [-0.25, -0.2) is 0 Å². The smallest absolute Gasteiger partial charge is 0.441 e. The molecule has 0 N–H and O–H groups in total. The van der Waals surface area contributed by atoms with Gasteiger partial charge in [-0.05, 0) is 71.2 Å². The van der Waals surface area contributed by atoms with Crippen molar-refractivity contribution in [3.8, 4) is 23.0 Å². The zero-order valence-corrected chi connectivity index (χ0v) is 26.7. The van der Waals surface area contributed by atoms with Crippen molar-refractivity contribution in [2.45, 2.75) is 91.8 Å². The lowest BCUT2D eigenvalue weighted by Crippen LogP contribution is -2.32. The average Bonchev–Trinajstić information content (AvgIpc) is 2.93. The Kier molecular flexibility index (Phi) is 10.8. The highest BCUT2D eigenvalue weighted by Gasteiger charge is 2.54. The Bertz CT molecular complexity index is 1210. The van der Waals surface area contributed by atoms with Crippen LogP contribution in [0.25, 0.3) is 0 Å². The van der Waals surface area contributed by atoms with Crippen LogP contribution >= 0.6 is 16.1 Å². The lowest BCUT2D eigenvalue weighted by atomic mass is 10.1. The van der Waals surface area contributed by atoms with Gasteiger partial charge in [0.15, 0.2) is 11.5 Å². The topological polar surface area (TPSA) is 71.1 Å². The SMILES string of the molecule is CCC(CC)(Oc1c(C)cccc1C)[P+](=O)Oc1cccc(O[P+](=O)C(CC)(CC)Oc2c(C)cccc2C)c1. The van der Waals surface area contributed by atoms with Crippen LogP contribution in [-0.2, 0) is 9.13 Å². The molecule has 0 spiro atoms. The van der Waals surface area contributed by atoms with Crippen LogP contribution in [-0.4, -0.2) is 10.7 Å². The highest BCUT2D eigenvalue weighted by Crippen LogP contribution is 2.50. The maximum atomic E-state index is 13.7. The summed E-state index contributed by atoms with van der Waals surface area (Å²) in [6.45, 7) is 15.7. The molecule has 214 valence electrons. The molecule has 3 aromatic rings. The van der Waals surface area contributed by atoms with Crippen molar-refractivity contribution in [1.29, 1.82) is 0 Å². The van der Waals surface area contributed by atoms with Crippen LogP contribution in [0.5, 0.6) is 23.0 Å². The molecule has 0 radical (unpaired) electrons. The lowest BCUT2D eigenvalue weighted by Gasteiger charge is -2.24. The van der Waals surface area contributed by atoms with E-state index in [1.807, 2.05) is 91.8 Å². The van der Waals surface area contributed by atoms with Crippen LogP contribution in [0.15, 0.2) is 60.7 Å². The fourth-order valence-corrected chi connectivity index (χ4v) is 6.93. The van der Waals surface area contributed by atoms with E-state index >= 15 is 0 Å². The molecule has 6 nitrogen and oxygen atoms in total. The van der Waals surface area contributed by atoms with E-state index in [9.17, 15) is 9.13 Å². The van der Waals surface area contributed by atoms with Crippen LogP contribution in [0.3, 0.4) is 0 Å². The molecule has 0 aliphatic heterocycles. The molecular formula is C32H42O6P2+2. The molecule has 0 saturated heterocycles. The summed E-state index contributed by atoms with van der Waals surface area (Å²) in [6.07, 6.45) is 2.00. The minimum absolute atomic E-state index is 0.354. The maximum absolute atomic E-state index is 13.7. The minimum Gasteiger partial charge on any atom is -0.441 e. The van der Waals surface area contributed by atoms with Crippen molar-refractivity contribution in [2.75, 3.05) is 0 Å². The number of ether oxygens (including phenoxy) is 2. The molecule has 40 heavy (non-hydrogen) atoms. The van der Waals surface area contributed by atoms with E-state index in [-0.39, 0.29) is 0 Å². The summed E-state index contributed by atoms with van der Waals surface area (Å²) in [7, 11) is -4.56. The van der Waals surface area contributed by atoms with Gasteiger partial charge < -0.3 is 9.47 Å². The molecule has 0 fully saturated rings. The van der Waals surface area contributed by atoms with Gasteiger partial charge in [0.1, 0.15) is 11.5 Å². The fraction of sp³-hybridized carbons (Fsp3) is 0.438. The number of benzene rings is 3. The fourth-order valence-electron chi connectivity index (χ4n) is 4.63. The molecule has 3 rings (SSSR count). The zero-order chi connectivity index (χ0) is 29.5. The Morgan fingerprint density at radius 1 is 0.550 bits per heavy atom. The molecule has 0 heterocycles. The maximum Gasteiger partial charge on any atom is 0.604 e. The van der Waals surface area contributed by atoms with Gasteiger partial charge in [-0.1, -0.05) is 70.2 Å². The molecule has 0 amide bonds. The summed E-state index contributed by atoms with van der Waals surface area (Å²) < 4.78 is 52.2. The third kappa shape index (κ3) is 6.85. The summed E-state index contributed by atoms with van der Waals surface area (Å²) in [5, 5.41) is -2.01. The molecular weight excluding hydrogens is 542 g/mol. The normalized spacial score (nSPS) is 12.5. The third-order valence-corrected chi connectivity index (χ3v) is 11.0. The van der Waals surface area contributed by atoms with E-state index in [1.165, 1.54) is 0 Å². The van der Waals surface area contributed by atoms with Gasteiger partial charge in [0, 0.05) is 31.7 Å². The quantitative estimate of drug-likeness (QED) is 0.176. The summed E-state index contributed by atoms with van der Waals surface area (Å²) in [4.78, 5) is 0. The van der Waals surface area contributed by atoms with Crippen molar-refractivity contribution < 1.29 is 27.7 Å². The van der Waals surface area contributed by atoms with Crippen LogP contribution in [0.1, 0.15) is 75.6 Å². The van der Waals surface area contributed by atoms with E-state index in [0.29, 0.717) is 37.2 Å². The first kappa shape index (κ1) is 31.6. The van der Waals surface area contributed by atoms with Gasteiger partial charge in [-0.15, -0.1) is 0 Å². The predicted molar refractivity (Wildman–Crippen MR) is 163 cm³/mol. The predicted octanol–water partition coefficient (Wildman–Crippen LogP) is 10.4. The molecule has 2 unspecified atom stereocenters. The van der Waals surface area contributed by atoms with Gasteiger partial charge in [-0.2, -0.15) is 0 Å². The van der Waals surface area contributed by atoms with E-state index in [1.54, 1.807) is 24.3 Å². The Morgan fingerprint density at radius 2 is 0.850 bits per heavy atom. The molecule has 8 heteroatoms. The first-order valence-corrected chi connectivity index (χ1v) is 16.3. The van der Waals surface area contributed by atoms with E-state index < -0.39 is 26.7 Å².